The summed E-state index contributed by atoms with van der Waals surface area (Å²) in [5.41, 5.74) is 1.00. The van der Waals surface area contributed by atoms with E-state index in [1.807, 2.05) is 0 Å². The lowest BCUT2D eigenvalue weighted by Crippen LogP contribution is -2.20. The summed E-state index contributed by atoms with van der Waals surface area (Å²) in [6.45, 7) is -0.160. The Morgan fingerprint density at radius 2 is 1.67 bits per heavy atom. The number of amides is 2. The van der Waals surface area contributed by atoms with Gasteiger partial charge in [0.1, 0.15) is 12.2 Å². The second kappa shape index (κ2) is 8.56. The highest BCUT2D eigenvalue weighted by Crippen LogP contribution is 2.17. The molecule has 0 aliphatic heterocycles. The van der Waals surface area contributed by atoms with Gasteiger partial charge in [0, 0.05) is 16.4 Å². The van der Waals surface area contributed by atoms with Crippen molar-refractivity contribution in [3.05, 3.63) is 53.6 Å². The minimum atomic E-state index is -0.410. The molecule has 0 bridgehead atoms. The highest BCUT2D eigenvalue weighted by molar-refractivity contribution is 6.30. The number of halogens is 1. The summed E-state index contributed by atoms with van der Waals surface area (Å²) >= 11 is 5.77. The maximum Gasteiger partial charge on any atom is 0.262 e. The summed E-state index contributed by atoms with van der Waals surface area (Å²) in [6.07, 6.45) is -0.231. The van der Waals surface area contributed by atoms with Gasteiger partial charge < -0.3 is 15.4 Å². The van der Waals surface area contributed by atoms with Crippen LogP contribution in [0, 0.1) is 11.3 Å². The Kier molecular flexibility index (Phi) is 6.17. The van der Waals surface area contributed by atoms with E-state index in [0.29, 0.717) is 22.1 Å². The van der Waals surface area contributed by atoms with Gasteiger partial charge in [0.25, 0.3) is 5.91 Å². The van der Waals surface area contributed by atoms with E-state index in [9.17, 15) is 9.59 Å². The van der Waals surface area contributed by atoms with Crippen LogP contribution in [0.5, 0.6) is 5.75 Å². The maximum atomic E-state index is 11.9. The van der Waals surface area contributed by atoms with Crippen molar-refractivity contribution in [1.82, 2.24) is 0 Å². The van der Waals surface area contributed by atoms with Crippen LogP contribution in [0.3, 0.4) is 0 Å². The van der Waals surface area contributed by atoms with Gasteiger partial charge >= 0.3 is 0 Å². The molecule has 2 N–H and O–H groups in total. The lowest BCUT2D eigenvalue weighted by Gasteiger charge is -2.09. The van der Waals surface area contributed by atoms with Gasteiger partial charge in [-0.1, -0.05) is 17.7 Å². The molecule has 2 aromatic carbocycles. The molecule has 2 rings (SSSR count). The molecule has 0 unspecified atom stereocenters. The average molecular weight is 344 g/mol. The monoisotopic (exact) mass is 343 g/mol. The number of nitrogens with one attached hydrogen (secondary N) is 2. The molecule has 2 amide bonds. The lowest BCUT2D eigenvalue weighted by atomic mass is 10.2. The van der Waals surface area contributed by atoms with E-state index in [1.165, 1.54) is 0 Å². The van der Waals surface area contributed by atoms with Gasteiger partial charge in [0.2, 0.25) is 5.91 Å². The smallest absolute Gasteiger partial charge is 0.262 e. The molecule has 0 atom stereocenters. The van der Waals surface area contributed by atoms with Crippen LogP contribution in [0.25, 0.3) is 0 Å². The summed E-state index contributed by atoms with van der Waals surface area (Å²) in [4.78, 5) is 23.3. The highest BCUT2D eigenvalue weighted by atomic mass is 35.5. The van der Waals surface area contributed by atoms with Gasteiger partial charge in [-0.2, -0.15) is 5.26 Å². The van der Waals surface area contributed by atoms with Crippen molar-refractivity contribution < 1.29 is 14.3 Å². The van der Waals surface area contributed by atoms with E-state index in [0.717, 1.165) is 0 Å². The van der Waals surface area contributed by atoms with Crippen molar-refractivity contribution >= 4 is 34.8 Å². The van der Waals surface area contributed by atoms with E-state index in [1.54, 1.807) is 54.6 Å². The molecule has 0 heterocycles. The van der Waals surface area contributed by atoms with Gasteiger partial charge in [-0.3, -0.25) is 9.59 Å². The predicted molar refractivity (Wildman–Crippen MR) is 90.9 cm³/mol. The standard InChI is InChI=1S/C17H14ClN3O3/c18-12-4-6-15(7-5-12)24-11-17(23)21-14-3-1-2-13(10-14)20-16(22)8-9-19/h1-7,10H,8,11H2,(H,20,22)(H,21,23). The van der Waals surface area contributed by atoms with Crippen LogP contribution in [0.15, 0.2) is 48.5 Å². The number of ether oxygens (including phenoxy) is 1. The highest BCUT2D eigenvalue weighted by Gasteiger charge is 2.06. The van der Waals surface area contributed by atoms with Gasteiger partial charge in [0.05, 0.1) is 6.07 Å². The predicted octanol–water partition coefficient (Wildman–Crippen LogP) is 3.21. The van der Waals surface area contributed by atoms with Gasteiger partial charge in [-0.15, -0.1) is 0 Å². The molecule has 0 saturated heterocycles. The molecule has 2 aromatic rings. The zero-order valence-corrected chi connectivity index (χ0v) is 13.3. The van der Waals surface area contributed by atoms with E-state index in [2.05, 4.69) is 10.6 Å². The summed E-state index contributed by atoms with van der Waals surface area (Å²) in [7, 11) is 0. The Balaban J connectivity index is 1.88. The largest absolute Gasteiger partial charge is 0.484 e. The number of nitriles is 1. The van der Waals surface area contributed by atoms with Crippen LogP contribution in [0.2, 0.25) is 5.02 Å². The minimum Gasteiger partial charge on any atom is -0.484 e. The Labute approximate surface area is 144 Å². The maximum absolute atomic E-state index is 11.9. The van der Waals surface area contributed by atoms with Crippen molar-refractivity contribution in [3.63, 3.8) is 0 Å². The fraction of sp³-hybridized carbons (Fsp3) is 0.118. The Hall–Kier alpha value is -3.04. The van der Waals surface area contributed by atoms with E-state index < -0.39 is 5.91 Å². The number of carbonyl (C=O) groups excluding carboxylic acids is 2. The third-order valence-corrected chi connectivity index (χ3v) is 3.11. The van der Waals surface area contributed by atoms with Crippen LogP contribution >= 0.6 is 11.6 Å². The molecular formula is C17H14ClN3O3. The fourth-order valence-electron chi connectivity index (χ4n) is 1.83. The third kappa shape index (κ3) is 5.63. The van der Waals surface area contributed by atoms with Gasteiger partial charge in [-0.05, 0) is 42.5 Å². The van der Waals surface area contributed by atoms with E-state index >= 15 is 0 Å². The molecule has 0 saturated carbocycles. The van der Waals surface area contributed by atoms with Crippen LogP contribution in [0.4, 0.5) is 11.4 Å². The molecule has 122 valence electrons. The molecule has 0 fully saturated rings. The van der Waals surface area contributed by atoms with Crippen molar-refractivity contribution in [1.29, 1.82) is 5.26 Å². The minimum absolute atomic E-state index is 0.160. The summed E-state index contributed by atoms with van der Waals surface area (Å²) < 4.78 is 5.35. The Morgan fingerprint density at radius 3 is 2.29 bits per heavy atom. The van der Waals surface area contributed by atoms with Gasteiger partial charge in [0.15, 0.2) is 6.61 Å². The molecule has 0 aliphatic rings. The van der Waals surface area contributed by atoms with Crippen LogP contribution in [-0.4, -0.2) is 18.4 Å². The third-order valence-electron chi connectivity index (χ3n) is 2.85. The second-order valence-electron chi connectivity index (χ2n) is 4.75. The van der Waals surface area contributed by atoms with Crippen LogP contribution in [0.1, 0.15) is 6.42 Å². The average Bonchev–Trinajstić information content (AvgIpc) is 2.55. The van der Waals surface area contributed by atoms with E-state index in [4.69, 9.17) is 21.6 Å². The molecule has 0 aliphatic carbocycles. The van der Waals surface area contributed by atoms with Crippen LogP contribution in [-0.2, 0) is 9.59 Å². The Morgan fingerprint density at radius 1 is 1.04 bits per heavy atom. The first-order chi connectivity index (χ1) is 11.6. The first-order valence-electron chi connectivity index (χ1n) is 7.02. The molecule has 0 spiro atoms. The number of carbonyl (C=O) groups is 2. The molecule has 7 heteroatoms. The lowest BCUT2D eigenvalue weighted by molar-refractivity contribution is -0.118. The quantitative estimate of drug-likeness (QED) is 0.842. The molecule has 6 nitrogen and oxygen atoms in total. The number of rotatable bonds is 6. The Bertz CT molecular complexity index is 769. The zero-order valence-electron chi connectivity index (χ0n) is 12.6. The van der Waals surface area contributed by atoms with E-state index in [-0.39, 0.29) is 18.9 Å². The summed E-state index contributed by atoms with van der Waals surface area (Å²) in [5, 5.41) is 14.3. The fourth-order valence-corrected chi connectivity index (χ4v) is 1.95. The zero-order chi connectivity index (χ0) is 17.4. The number of benzene rings is 2. The number of hydrogen-bond donors (Lipinski definition) is 2. The number of nitrogens with zero attached hydrogens (tertiary/aromatic N) is 1. The summed E-state index contributed by atoms with van der Waals surface area (Å²) in [6, 6.07) is 15.1. The van der Waals surface area contributed by atoms with Crippen LogP contribution < -0.4 is 15.4 Å². The first-order valence-corrected chi connectivity index (χ1v) is 7.39. The van der Waals surface area contributed by atoms with Crippen molar-refractivity contribution in [2.24, 2.45) is 0 Å². The molecular weight excluding hydrogens is 330 g/mol. The van der Waals surface area contributed by atoms with Crippen molar-refractivity contribution in [2.45, 2.75) is 6.42 Å². The van der Waals surface area contributed by atoms with Gasteiger partial charge in [-0.25, -0.2) is 0 Å². The van der Waals surface area contributed by atoms with Crippen molar-refractivity contribution in [2.75, 3.05) is 17.2 Å². The molecule has 24 heavy (non-hydrogen) atoms. The topological polar surface area (TPSA) is 91.2 Å². The molecule has 0 aromatic heterocycles. The van der Waals surface area contributed by atoms with Crippen molar-refractivity contribution in [3.8, 4) is 11.8 Å². The second-order valence-corrected chi connectivity index (χ2v) is 5.19. The number of anilines is 2. The number of hydrogen-bond acceptors (Lipinski definition) is 4. The molecule has 0 radical (unpaired) electrons. The first kappa shape index (κ1) is 17.3. The normalized spacial score (nSPS) is 9.67. The summed E-state index contributed by atoms with van der Waals surface area (Å²) in [5.74, 6) is -0.218. The SMILES string of the molecule is N#CCC(=O)Nc1cccc(NC(=O)COc2ccc(Cl)cc2)c1.